The van der Waals surface area contributed by atoms with Crippen molar-refractivity contribution in [1.29, 1.82) is 0 Å². The second kappa shape index (κ2) is 12.2. The number of aliphatic carboxylic acids is 1. The Morgan fingerprint density at radius 3 is 1.91 bits per heavy atom. The van der Waals surface area contributed by atoms with E-state index >= 15 is 0 Å². The minimum Gasteiger partial charge on any atom is -0.481 e. The second-order valence-corrected chi connectivity index (χ2v) is 8.33. The van der Waals surface area contributed by atoms with E-state index in [1.807, 2.05) is 24.8 Å². The number of rotatable bonds is 6. The van der Waals surface area contributed by atoms with Gasteiger partial charge in [0.05, 0.1) is 11.1 Å². The van der Waals surface area contributed by atoms with Gasteiger partial charge in [-0.15, -0.1) is 0 Å². The Hall–Kier alpha value is -2.81. The third-order valence-electron chi connectivity index (χ3n) is 5.59. The molecule has 3 nitrogen and oxygen atoms in total. The highest BCUT2D eigenvalue weighted by Gasteiger charge is 2.31. The summed E-state index contributed by atoms with van der Waals surface area (Å²) in [7, 11) is 0. The number of hydrogen-bond donors (Lipinski definition) is 1. The van der Waals surface area contributed by atoms with E-state index < -0.39 is 29.4 Å². The minimum atomic E-state index is -4.41. The zero-order valence-electron chi connectivity index (χ0n) is 19.5. The summed E-state index contributed by atoms with van der Waals surface area (Å²) >= 11 is 0. The summed E-state index contributed by atoms with van der Waals surface area (Å²) in [6.07, 6.45) is -4.68. The number of nitrogens with zero attached hydrogens (tertiary/aromatic N) is 1. The number of likely N-dealkylation sites (tertiary alicyclic amines) is 1. The molecule has 0 aromatic heterocycles. The van der Waals surface area contributed by atoms with Gasteiger partial charge in [0.1, 0.15) is 0 Å². The van der Waals surface area contributed by atoms with Gasteiger partial charge >= 0.3 is 18.3 Å². The van der Waals surface area contributed by atoms with Gasteiger partial charge < -0.3 is 5.11 Å². The zero-order valence-corrected chi connectivity index (χ0v) is 19.5. The van der Waals surface area contributed by atoms with Crippen LogP contribution in [0.15, 0.2) is 54.6 Å². The fraction of sp³-hybridized carbons (Fsp3) is 0.423. The van der Waals surface area contributed by atoms with Crippen LogP contribution in [-0.2, 0) is 23.7 Å². The Morgan fingerprint density at radius 1 is 0.914 bits per heavy atom. The number of carboxylic acid groups (broad SMARTS) is 1. The van der Waals surface area contributed by atoms with E-state index in [0.717, 1.165) is 24.3 Å². The fourth-order valence-corrected chi connectivity index (χ4v) is 4.10. The van der Waals surface area contributed by atoms with Gasteiger partial charge in [0.25, 0.3) is 0 Å². The molecular formula is C26H29F6NO2. The summed E-state index contributed by atoms with van der Waals surface area (Å²) in [6, 6.07) is 9.63. The number of piperidine rings is 1. The van der Waals surface area contributed by atoms with Crippen LogP contribution in [0.2, 0.25) is 0 Å². The summed E-state index contributed by atoms with van der Waals surface area (Å²) < 4.78 is 76.5. The first kappa shape index (κ1) is 28.4. The van der Waals surface area contributed by atoms with E-state index in [2.05, 4.69) is 0 Å². The molecule has 0 saturated carbocycles. The molecule has 3 rings (SSSR count). The fourth-order valence-electron chi connectivity index (χ4n) is 4.10. The minimum absolute atomic E-state index is 0.0336. The molecule has 1 aliphatic heterocycles. The van der Waals surface area contributed by atoms with Crippen molar-refractivity contribution >= 4 is 12.0 Å². The van der Waals surface area contributed by atoms with Crippen molar-refractivity contribution in [2.24, 2.45) is 11.8 Å². The van der Waals surface area contributed by atoms with Crippen LogP contribution in [0.5, 0.6) is 0 Å². The van der Waals surface area contributed by atoms with Crippen LogP contribution in [0, 0.1) is 11.8 Å². The largest absolute Gasteiger partial charge is 0.481 e. The molecule has 0 spiro atoms. The van der Waals surface area contributed by atoms with Gasteiger partial charge in [-0.05, 0) is 53.6 Å². The quantitative estimate of drug-likeness (QED) is 0.420. The zero-order chi connectivity index (χ0) is 26.2. The van der Waals surface area contributed by atoms with Crippen LogP contribution in [-0.4, -0.2) is 29.1 Å². The summed E-state index contributed by atoms with van der Waals surface area (Å²) in [5, 5.41) is 9.20. The first-order valence-electron chi connectivity index (χ1n) is 11.4. The molecule has 0 radical (unpaired) electrons. The topological polar surface area (TPSA) is 40.5 Å². The standard InChI is InChI=1S/C24H23F6NO2.C2H6/c25-23(26,27)20-7-3-16(4-8-20)1-2-18-11-19(12-22(32)33)15-31(14-18)13-17-5-9-21(10-6-17)24(28,29)30;1-2/h1-10,18-19H,11-15H2,(H,32,33);1-2H3/b2-1+;. The summed E-state index contributed by atoms with van der Waals surface area (Å²) in [5.74, 6) is -1.12. The van der Waals surface area contributed by atoms with Crippen LogP contribution in [0.4, 0.5) is 26.3 Å². The van der Waals surface area contributed by atoms with E-state index in [0.29, 0.717) is 37.2 Å². The number of hydrogen-bond acceptors (Lipinski definition) is 2. The highest BCUT2D eigenvalue weighted by Crippen LogP contribution is 2.31. The van der Waals surface area contributed by atoms with Crippen molar-refractivity contribution in [3.8, 4) is 0 Å². The molecule has 1 fully saturated rings. The van der Waals surface area contributed by atoms with Gasteiger partial charge in [0.15, 0.2) is 0 Å². The van der Waals surface area contributed by atoms with Crippen molar-refractivity contribution in [3.05, 3.63) is 76.9 Å². The Bertz CT molecular complexity index is 965. The molecule has 1 N–H and O–H groups in total. The third-order valence-corrected chi connectivity index (χ3v) is 5.59. The second-order valence-electron chi connectivity index (χ2n) is 8.33. The maximum Gasteiger partial charge on any atom is 0.416 e. The monoisotopic (exact) mass is 501 g/mol. The summed E-state index contributed by atoms with van der Waals surface area (Å²) in [6.45, 7) is 5.44. The molecule has 0 aliphatic carbocycles. The van der Waals surface area contributed by atoms with Gasteiger partial charge in [-0.25, -0.2) is 0 Å². The molecule has 35 heavy (non-hydrogen) atoms. The van der Waals surface area contributed by atoms with Crippen molar-refractivity contribution in [1.82, 2.24) is 4.90 Å². The highest BCUT2D eigenvalue weighted by molar-refractivity contribution is 5.67. The Morgan fingerprint density at radius 2 is 1.43 bits per heavy atom. The summed E-state index contributed by atoms with van der Waals surface area (Å²) in [4.78, 5) is 13.2. The van der Waals surface area contributed by atoms with Crippen molar-refractivity contribution in [2.45, 2.75) is 45.6 Å². The lowest BCUT2D eigenvalue weighted by Crippen LogP contribution is -2.40. The molecule has 2 aromatic rings. The molecule has 2 unspecified atom stereocenters. The average Bonchev–Trinajstić information content (AvgIpc) is 2.78. The van der Waals surface area contributed by atoms with E-state index in [4.69, 9.17) is 0 Å². The third kappa shape index (κ3) is 9.05. The Balaban J connectivity index is 0.00000210. The van der Waals surface area contributed by atoms with E-state index in [1.165, 1.54) is 24.3 Å². The smallest absolute Gasteiger partial charge is 0.416 e. The number of carbonyl (C=O) groups is 1. The van der Waals surface area contributed by atoms with Crippen molar-refractivity contribution in [2.75, 3.05) is 13.1 Å². The van der Waals surface area contributed by atoms with Gasteiger partial charge in [-0.2, -0.15) is 26.3 Å². The maximum absolute atomic E-state index is 12.8. The van der Waals surface area contributed by atoms with Crippen molar-refractivity contribution < 1.29 is 36.2 Å². The Labute approximate surface area is 201 Å². The number of carboxylic acids is 1. The van der Waals surface area contributed by atoms with Gasteiger partial charge in [-0.3, -0.25) is 9.69 Å². The number of benzene rings is 2. The number of alkyl halides is 6. The predicted octanol–water partition coefficient (Wildman–Crippen LogP) is 7.38. The lowest BCUT2D eigenvalue weighted by molar-refractivity contribution is -0.139. The molecule has 1 saturated heterocycles. The molecule has 2 aromatic carbocycles. The maximum atomic E-state index is 12.8. The average molecular weight is 502 g/mol. The van der Waals surface area contributed by atoms with Crippen LogP contribution >= 0.6 is 0 Å². The molecule has 1 heterocycles. The lowest BCUT2D eigenvalue weighted by atomic mass is 9.86. The first-order chi connectivity index (χ1) is 16.4. The SMILES string of the molecule is CC.O=C(O)CC1CC(/C=C/c2ccc(C(F)(F)F)cc2)CN(Cc2ccc(C(F)(F)F)cc2)C1. The lowest BCUT2D eigenvalue weighted by Gasteiger charge is -2.36. The van der Waals surface area contributed by atoms with Crippen LogP contribution in [0.3, 0.4) is 0 Å². The predicted molar refractivity (Wildman–Crippen MR) is 122 cm³/mol. The van der Waals surface area contributed by atoms with Crippen molar-refractivity contribution in [3.63, 3.8) is 0 Å². The van der Waals surface area contributed by atoms with Gasteiger partial charge in [0, 0.05) is 26.1 Å². The molecular weight excluding hydrogens is 472 g/mol. The molecule has 9 heteroatoms. The number of halogens is 6. The molecule has 2 atom stereocenters. The van der Waals surface area contributed by atoms with E-state index in [9.17, 15) is 36.2 Å². The molecule has 0 bridgehead atoms. The van der Waals surface area contributed by atoms with Crippen LogP contribution in [0.1, 0.15) is 48.9 Å². The Kier molecular flexibility index (Phi) is 9.94. The normalized spacial score (nSPS) is 19.3. The molecule has 192 valence electrons. The first-order valence-corrected chi connectivity index (χ1v) is 11.4. The van der Waals surface area contributed by atoms with Crippen LogP contribution < -0.4 is 0 Å². The van der Waals surface area contributed by atoms with Gasteiger partial charge in [0.2, 0.25) is 0 Å². The summed E-state index contributed by atoms with van der Waals surface area (Å²) in [5.41, 5.74) is -0.186. The van der Waals surface area contributed by atoms with Gasteiger partial charge in [-0.1, -0.05) is 50.3 Å². The highest BCUT2D eigenvalue weighted by atomic mass is 19.4. The van der Waals surface area contributed by atoms with E-state index in [-0.39, 0.29) is 18.3 Å². The molecule has 1 aliphatic rings. The molecule has 0 amide bonds. The van der Waals surface area contributed by atoms with Crippen LogP contribution in [0.25, 0.3) is 6.08 Å². The van der Waals surface area contributed by atoms with E-state index in [1.54, 1.807) is 6.08 Å².